The number of fused-ring (bicyclic) bond motifs is 10. The van der Waals surface area contributed by atoms with Gasteiger partial charge in [-0.05, 0) is 77.9 Å². The molecule has 3 heteroatoms. The van der Waals surface area contributed by atoms with Crippen LogP contribution < -0.4 is 0 Å². The lowest BCUT2D eigenvalue weighted by molar-refractivity contribution is 1.17. The smallest absolute Gasteiger partial charge is 0.0641 e. The van der Waals surface area contributed by atoms with Crippen molar-refractivity contribution in [3.63, 3.8) is 0 Å². The molecule has 0 fully saturated rings. The zero-order chi connectivity index (χ0) is 33.5. The Morgan fingerprint density at radius 3 is 1.45 bits per heavy atom. The van der Waals surface area contributed by atoms with Gasteiger partial charge in [0.2, 0.25) is 0 Å². The largest absolute Gasteiger partial charge is 0.309 e. The Morgan fingerprint density at radius 2 is 0.745 bits per heavy atom. The molecule has 238 valence electrons. The van der Waals surface area contributed by atoms with Crippen molar-refractivity contribution in [2.24, 2.45) is 0 Å². The Morgan fingerprint density at radius 1 is 0.255 bits per heavy atom. The summed E-state index contributed by atoms with van der Waals surface area (Å²) in [7, 11) is 0. The molecule has 0 aliphatic heterocycles. The first-order valence-electron chi connectivity index (χ1n) is 17.5. The highest BCUT2D eigenvalue weighted by Gasteiger charge is 2.21. The average molecular weight is 650 g/mol. The summed E-state index contributed by atoms with van der Waals surface area (Å²) < 4.78 is 7.28. The van der Waals surface area contributed by atoms with Crippen molar-refractivity contribution in [3.05, 3.63) is 188 Å². The summed E-state index contributed by atoms with van der Waals surface area (Å²) in [6.45, 7) is 0. The van der Waals surface area contributed by atoms with Crippen LogP contribution in [0.1, 0.15) is 0 Å². The molecule has 0 aliphatic rings. The van der Waals surface area contributed by atoms with E-state index in [0.29, 0.717) is 0 Å². The molecule has 0 unspecified atom stereocenters. The van der Waals surface area contributed by atoms with Crippen LogP contribution in [0.5, 0.6) is 0 Å². The predicted molar refractivity (Wildman–Crippen MR) is 215 cm³/mol. The van der Waals surface area contributed by atoms with Crippen molar-refractivity contribution in [1.82, 2.24) is 13.7 Å². The number of aromatic nitrogens is 3. The molecule has 11 rings (SSSR count). The first-order valence-corrected chi connectivity index (χ1v) is 17.5. The van der Waals surface area contributed by atoms with Gasteiger partial charge >= 0.3 is 0 Å². The summed E-state index contributed by atoms with van der Waals surface area (Å²) in [6.07, 6.45) is 0. The van der Waals surface area contributed by atoms with Crippen molar-refractivity contribution >= 4 is 65.4 Å². The summed E-state index contributed by atoms with van der Waals surface area (Å²) in [6, 6.07) is 68.4. The van der Waals surface area contributed by atoms with Crippen LogP contribution >= 0.6 is 0 Å². The highest BCUT2D eigenvalue weighted by Crippen LogP contribution is 2.42. The molecular weight excluding hydrogens is 619 g/mol. The van der Waals surface area contributed by atoms with E-state index in [9.17, 15) is 0 Å². The van der Waals surface area contributed by atoms with Crippen LogP contribution in [0.15, 0.2) is 188 Å². The second-order valence-corrected chi connectivity index (χ2v) is 13.4. The van der Waals surface area contributed by atoms with E-state index in [4.69, 9.17) is 0 Å². The fraction of sp³-hybridized carbons (Fsp3) is 0. The third kappa shape index (κ3) is 4.06. The molecule has 0 N–H and O–H groups in total. The van der Waals surface area contributed by atoms with Crippen molar-refractivity contribution in [3.8, 4) is 28.2 Å². The van der Waals surface area contributed by atoms with Crippen LogP contribution in [0.4, 0.5) is 0 Å². The molecular formula is C48H31N3. The third-order valence-electron chi connectivity index (χ3n) is 10.6. The van der Waals surface area contributed by atoms with Gasteiger partial charge in [0.1, 0.15) is 0 Å². The van der Waals surface area contributed by atoms with Gasteiger partial charge in [-0.1, -0.05) is 121 Å². The number of rotatable bonds is 4. The molecule has 3 aromatic heterocycles. The zero-order valence-electron chi connectivity index (χ0n) is 27.7. The summed E-state index contributed by atoms with van der Waals surface area (Å²) in [5.74, 6) is 0. The standard InChI is InChI=1S/C48H31N3/c1-3-15-34(16-4-1)49-44-25-12-9-22-41(44)47-45(49)29-28-40-38-21-8-11-24-43(38)51(48(40)47)36-19-13-14-32(30-36)33-26-27-39-37-20-7-10-23-42(37)50(46(39)31-33)35-17-5-2-6-18-35/h1-31H. The number of nitrogens with zero attached hydrogens (tertiary/aromatic N) is 3. The molecule has 0 bridgehead atoms. The lowest BCUT2D eigenvalue weighted by Crippen LogP contribution is -1.96. The van der Waals surface area contributed by atoms with Gasteiger partial charge in [0, 0.05) is 49.4 Å². The fourth-order valence-electron chi connectivity index (χ4n) is 8.46. The van der Waals surface area contributed by atoms with Crippen LogP contribution in [0.25, 0.3) is 93.6 Å². The molecule has 8 aromatic carbocycles. The third-order valence-corrected chi connectivity index (χ3v) is 10.6. The first-order chi connectivity index (χ1) is 25.3. The lowest BCUT2D eigenvalue weighted by Gasteiger charge is -2.12. The van der Waals surface area contributed by atoms with E-state index in [1.165, 1.54) is 82.2 Å². The Kier molecular flexibility index (Phi) is 5.96. The molecule has 0 saturated heterocycles. The zero-order valence-corrected chi connectivity index (χ0v) is 27.7. The molecule has 0 radical (unpaired) electrons. The molecule has 0 amide bonds. The predicted octanol–water partition coefficient (Wildman–Crippen LogP) is 12.6. The van der Waals surface area contributed by atoms with Gasteiger partial charge in [-0.3, -0.25) is 0 Å². The number of para-hydroxylation sites is 5. The summed E-state index contributed by atoms with van der Waals surface area (Å²) in [5, 5.41) is 7.55. The minimum Gasteiger partial charge on any atom is -0.309 e. The molecule has 0 aliphatic carbocycles. The SMILES string of the molecule is c1ccc(-n2c3ccccc3c3ccc(-c4cccc(-n5c6ccccc6c6ccc7c(c8ccccc8n7-c7ccccc7)c65)c4)cc32)cc1. The van der Waals surface area contributed by atoms with E-state index in [1.54, 1.807) is 0 Å². The number of hydrogen-bond donors (Lipinski definition) is 0. The van der Waals surface area contributed by atoms with Gasteiger partial charge in [0.15, 0.2) is 0 Å². The van der Waals surface area contributed by atoms with Crippen molar-refractivity contribution in [2.75, 3.05) is 0 Å². The number of hydrogen-bond acceptors (Lipinski definition) is 0. The monoisotopic (exact) mass is 649 g/mol. The maximum absolute atomic E-state index is 2.48. The van der Waals surface area contributed by atoms with E-state index in [2.05, 4.69) is 202 Å². The van der Waals surface area contributed by atoms with Crippen LogP contribution in [0.3, 0.4) is 0 Å². The first kappa shape index (κ1) is 28.0. The molecule has 51 heavy (non-hydrogen) atoms. The molecule has 0 spiro atoms. The van der Waals surface area contributed by atoms with E-state index in [1.807, 2.05) is 0 Å². The maximum atomic E-state index is 2.48. The normalized spacial score (nSPS) is 11.9. The van der Waals surface area contributed by atoms with Crippen LogP contribution in [-0.2, 0) is 0 Å². The summed E-state index contributed by atoms with van der Waals surface area (Å²) in [5.41, 5.74) is 13.1. The van der Waals surface area contributed by atoms with Crippen molar-refractivity contribution < 1.29 is 0 Å². The number of benzene rings is 8. The van der Waals surface area contributed by atoms with Crippen LogP contribution in [0.2, 0.25) is 0 Å². The molecule has 0 atom stereocenters. The van der Waals surface area contributed by atoms with Gasteiger partial charge in [-0.15, -0.1) is 0 Å². The molecule has 0 saturated carbocycles. The second kappa shape index (κ2) is 10.8. The van der Waals surface area contributed by atoms with Gasteiger partial charge in [0.05, 0.1) is 33.1 Å². The quantitative estimate of drug-likeness (QED) is 0.180. The van der Waals surface area contributed by atoms with Crippen molar-refractivity contribution in [1.29, 1.82) is 0 Å². The van der Waals surface area contributed by atoms with E-state index < -0.39 is 0 Å². The van der Waals surface area contributed by atoms with Crippen LogP contribution in [0, 0.1) is 0 Å². The fourth-order valence-corrected chi connectivity index (χ4v) is 8.46. The minimum absolute atomic E-state index is 1.14. The molecule has 3 heterocycles. The summed E-state index contributed by atoms with van der Waals surface area (Å²) in [4.78, 5) is 0. The van der Waals surface area contributed by atoms with Gasteiger partial charge in [-0.25, -0.2) is 0 Å². The Balaban J connectivity index is 1.19. The highest BCUT2D eigenvalue weighted by atomic mass is 15.0. The minimum atomic E-state index is 1.14. The molecule has 11 aromatic rings. The van der Waals surface area contributed by atoms with E-state index in [0.717, 1.165) is 11.4 Å². The second-order valence-electron chi connectivity index (χ2n) is 13.4. The van der Waals surface area contributed by atoms with Crippen LogP contribution in [-0.4, -0.2) is 13.7 Å². The van der Waals surface area contributed by atoms with Gasteiger partial charge < -0.3 is 13.7 Å². The summed E-state index contributed by atoms with van der Waals surface area (Å²) >= 11 is 0. The maximum Gasteiger partial charge on any atom is 0.0641 e. The van der Waals surface area contributed by atoms with E-state index in [-0.39, 0.29) is 0 Å². The Labute approximate surface area is 294 Å². The highest BCUT2D eigenvalue weighted by molar-refractivity contribution is 6.26. The Hall–Kier alpha value is -6.84. The molecule has 3 nitrogen and oxygen atoms in total. The van der Waals surface area contributed by atoms with Crippen molar-refractivity contribution in [2.45, 2.75) is 0 Å². The lowest BCUT2D eigenvalue weighted by atomic mass is 10.0. The van der Waals surface area contributed by atoms with E-state index >= 15 is 0 Å². The Bertz CT molecular complexity index is 3120. The average Bonchev–Trinajstić information content (AvgIpc) is 3.84. The van der Waals surface area contributed by atoms with Gasteiger partial charge in [-0.2, -0.15) is 0 Å². The van der Waals surface area contributed by atoms with Gasteiger partial charge in [0.25, 0.3) is 0 Å². The topological polar surface area (TPSA) is 14.8 Å².